The highest BCUT2D eigenvalue weighted by atomic mass is 19.4. The molecule has 2 heterocycles. The fraction of sp³-hybridized carbons (Fsp3) is 0.300. The van der Waals surface area contributed by atoms with Crippen molar-refractivity contribution in [3.63, 3.8) is 0 Å². The number of amidine groups is 1. The predicted molar refractivity (Wildman–Crippen MR) is 102 cm³/mol. The van der Waals surface area contributed by atoms with Gasteiger partial charge in [-0.3, -0.25) is 4.79 Å². The van der Waals surface area contributed by atoms with Crippen LogP contribution in [0.15, 0.2) is 41.5 Å². The molecular weight excluding hydrogens is 418 g/mol. The highest BCUT2D eigenvalue weighted by molar-refractivity contribution is 6.02. The maximum atomic E-state index is 14.7. The van der Waals surface area contributed by atoms with Gasteiger partial charge in [0.05, 0.1) is 11.1 Å². The molecule has 0 aliphatic carbocycles. The number of nitriles is 1. The minimum absolute atomic E-state index is 0.00470. The molecule has 162 valence electrons. The van der Waals surface area contributed by atoms with Gasteiger partial charge in [0.2, 0.25) is 6.10 Å². The maximum Gasteiger partial charge on any atom is 0.425 e. The van der Waals surface area contributed by atoms with Crippen molar-refractivity contribution in [2.24, 2.45) is 16.6 Å². The number of amides is 1. The molecule has 0 saturated heterocycles. The predicted octanol–water partition coefficient (Wildman–Crippen LogP) is 3.47. The molecule has 0 saturated carbocycles. The number of ether oxygens (including phenoxy) is 1. The SMILES string of the molecule is C[C@H]1[C@@H](C(F)(F)F)OC(N)=N[C@]1(C)c1cc(NC(=O)c2ccc(C#N)cn2)ccc1F. The van der Waals surface area contributed by atoms with Gasteiger partial charge in [0.1, 0.15) is 17.6 Å². The van der Waals surface area contributed by atoms with E-state index < -0.39 is 41.5 Å². The van der Waals surface area contributed by atoms with Gasteiger partial charge in [-0.05, 0) is 37.3 Å². The first-order valence-electron chi connectivity index (χ1n) is 9.02. The summed E-state index contributed by atoms with van der Waals surface area (Å²) in [7, 11) is 0. The number of aromatic nitrogens is 1. The first kappa shape index (κ1) is 22.0. The molecule has 0 bridgehead atoms. The first-order chi connectivity index (χ1) is 14.5. The third-order valence-corrected chi connectivity index (χ3v) is 5.15. The highest BCUT2D eigenvalue weighted by Gasteiger charge is 2.55. The van der Waals surface area contributed by atoms with Crippen molar-refractivity contribution in [2.45, 2.75) is 31.7 Å². The second-order valence-corrected chi connectivity index (χ2v) is 7.16. The lowest BCUT2D eigenvalue weighted by Gasteiger charge is -2.41. The molecule has 0 unspecified atom stereocenters. The lowest BCUT2D eigenvalue weighted by Crippen LogP contribution is -2.52. The molecule has 3 atom stereocenters. The number of aliphatic imine (C=N–C) groups is 1. The molecular formula is C20H17F4N5O2. The van der Waals surface area contributed by atoms with Crippen LogP contribution < -0.4 is 11.1 Å². The third-order valence-electron chi connectivity index (χ3n) is 5.15. The molecule has 7 nitrogen and oxygen atoms in total. The van der Waals surface area contributed by atoms with E-state index >= 15 is 0 Å². The Morgan fingerprint density at radius 2 is 2.03 bits per heavy atom. The Morgan fingerprint density at radius 3 is 2.61 bits per heavy atom. The molecule has 1 aromatic heterocycles. The summed E-state index contributed by atoms with van der Waals surface area (Å²) in [5.74, 6) is -2.79. The zero-order chi connectivity index (χ0) is 23.0. The number of anilines is 1. The molecule has 31 heavy (non-hydrogen) atoms. The van der Waals surface area contributed by atoms with Crippen LogP contribution in [0.3, 0.4) is 0 Å². The normalized spacial score (nSPS) is 23.3. The number of nitrogens with zero attached hydrogens (tertiary/aromatic N) is 3. The largest absolute Gasteiger partial charge is 0.452 e. The number of benzene rings is 1. The van der Waals surface area contributed by atoms with Crippen LogP contribution in [-0.2, 0) is 10.3 Å². The minimum Gasteiger partial charge on any atom is -0.452 e. The lowest BCUT2D eigenvalue weighted by molar-refractivity contribution is -0.223. The van der Waals surface area contributed by atoms with E-state index in [-0.39, 0.29) is 22.5 Å². The molecule has 11 heteroatoms. The number of alkyl halides is 3. The standard InChI is InChI=1S/C20H17F4N5O2/c1-10-16(20(22,23)24)31-18(26)29-19(10,2)13-7-12(4-5-14(13)21)28-17(30)15-6-3-11(8-25)9-27-15/h3-7,9-10,16H,1-2H3,(H2,26,29)(H,28,30)/t10-,16-,19-/m0/s1. The topological polar surface area (TPSA) is 113 Å². The van der Waals surface area contributed by atoms with Crippen LogP contribution in [0.1, 0.15) is 35.5 Å². The van der Waals surface area contributed by atoms with Crippen molar-refractivity contribution in [3.8, 4) is 6.07 Å². The van der Waals surface area contributed by atoms with E-state index in [0.29, 0.717) is 0 Å². The Labute approximate surface area is 174 Å². The maximum absolute atomic E-state index is 14.7. The summed E-state index contributed by atoms with van der Waals surface area (Å²) in [5, 5.41) is 11.3. The number of carbonyl (C=O) groups excluding carboxylic acids is 1. The third kappa shape index (κ3) is 4.28. The van der Waals surface area contributed by atoms with E-state index in [9.17, 15) is 22.4 Å². The van der Waals surface area contributed by atoms with Crippen molar-refractivity contribution in [1.29, 1.82) is 5.26 Å². The van der Waals surface area contributed by atoms with Gasteiger partial charge in [0, 0.05) is 23.4 Å². The molecule has 0 radical (unpaired) electrons. The van der Waals surface area contributed by atoms with Gasteiger partial charge in [0.25, 0.3) is 11.9 Å². The van der Waals surface area contributed by atoms with Crippen molar-refractivity contribution >= 4 is 17.6 Å². The molecule has 1 amide bonds. The molecule has 1 aliphatic heterocycles. The number of halogens is 4. The second-order valence-electron chi connectivity index (χ2n) is 7.16. The minimum atomic E-state index is -4.75. The molecule has 3 rings (SSSR count). The summed E-state index contributed by atoms with van der Waals surface area (Å²) < 4.78 is 59.6. The quantitative estimate of drug-likeness (QED) is 0.717. The molecule has 3 N–H and O–H groups in total. The zero-order valence-corrected chi connectivity index (χ0v) is 16.4. The summed E-state index contributed by atoms with van der Waals surface area (Å²) in [6, 6.07) is 7.36. The number of carbonyl (C=O) groups is 1. The van der Waals surface area contributed by atoms with Gasteiger partial charge in [-0.15, -0.1) is 0 Å². The second kappa shape index (κ2) is 7.86. The number of pyridine rings is 1. The van der Waals surface area contributed by atoms with E-state index in [0.717, 1.165) is 6.07 Å². The van der Waals surface area contributed by atoms with E-state index in [2.05, 4.69) is 20.0 Å². The lowest BCUT2D eigenvalue weighted by atomic mass is 9.76. The van der Waals surface area contributed by atoms with Gasteiger partial charge in [-0.25, -0.2) is 14.4 Å². The van der Waals surface area contributed by atoms with E-state index in [4.69, 9.17) is 11.0 Å². The number of hydrogen-bond acceptors (Lipinski definition) is 6. The van der Waals surface area contributed by atoms with Crippen molar-refractivity contribution in [1.82, 2.24) is 4.98 Å². The summed E-state index contributed by atoms with van der Waals surface area (Å²) in [5.41, 5.74) is 3.94. The van der Waals surface area contributed by atoms with E-state index in [1.165, 1.54) is 44.3 Å². The van der Waals surface area contributed by atoms with Gasteiger partial charge in [-0.2, -0.15) is 18.4 Å². The molecule has 2 aromatic rings. The number of rotatable bonds is 3. The van der Waals surface area contributed by atoms with Crippen LogP contribution >= 0.6 is 0 Å². The van der Waals surface area contributed by atoms with Gasteiger partial charge < -0.3 is 15.8 Å². The van der Waals surface area contributed by atoms with E-state index in [1.54, 1.807) is 0 Å². The Hall–Kier alpha value is -3.68. The number of nitrogens with two attached hydrogens (primary N) is 1. The van der Waals surface area contributed by atoms with Gasteiger partial charge in [0.15, 0.2) is 0 Å². The summed E-state index contributed by atoms with van der Waals surface area (Å²) in [6.07, 6.45) is -5.81. The average Bonchev–Trinajstić information content (AvgIpc) is 2.71. The van der Waals surface area contributed by atoms with Crippen molar-refractivity contribution < 1.29 is 27.1 Å². The molecule has 0 fully saturated rings. The fourth-order valence-electron chi connectivity index (χ4n) is 3.32. The Balaban J connectivity index is 1.95. The van der Waals surface area contributed by atoms with Crippen molar-refractivity contribution in [2.75, 3.05) is 5.32 Å². The number of hydrogen-bond donors (Lipinski definition) is 2. The van der Waals surface area contributed by atoms with Crippen LogP contribution in [0.2, 0.25) is 0 Å². The highest BCUT2D eigenvalue weighted by Crippen LogP contribution is 2.45. The Bertz CT molecular complexity index is 1080. The first-order valence-corrected chi connectivity index (χ1v) is 9.02. The van der Waals surface area contributed by atoms with Crippen LogP contribution in [0.5, 0.6) is 0 Å². The Morgan fingerprint density at radius 1 is 1.32 bits per heavy atom. The van der Waals surface area contributed by atoms with Gasteiger partial charge in [-0.1, -0.05) is 6.92 Å². The Kier molecular flexibility index (Phi) is 5.59. The molecule has 1 aliphatic rings. The van der Waals surface area contributed by atoms with Gasteiger partial charge >= 0.3 is 6.18 Å². The molecule has 0 spiro atoms. The molecule has 1 aromatic carbocycles. The summed E-state index contributed by atoms with van der Waals surface area (Å²) >= 11 is 0. The summed E-state index contributed by atoms with van der Waals surface area (Å²) in [6.45, 7) is 2.55. The van der Waals surface area contributed by atoms with Crippen LogP contribution in [0, 0.1) is 23.1 Å². The zero-order valence-electron chi connectivity index (χ0n) is 16.4. The van der Waals surface area contributed by atoms with Crippen LogP contribution in [0.25, 0.3) is 0 Å². The number of nitrogens with one attached hydrogen (secondary N) is 1. The smallest absolute Gasteiger partial charge is 0.425 e. The fourth-order valence-corrected chi connectivity index (χ4v) is 3.32. The van der Waals surface area contributed by atoms with Crippen LogP contribution in [-0.4, -0.2) is 29.2 Å². The average molecular weight is 435 g/mol. The summed E-state index contributed by atoms with van der Waals surface area (Å²) in [4.78, 5) is 20.2. The monoisotopic (exact) mass is 435 g/mol. The van der Waals surface area contributed by atoms with Crippen molar-refractivity contribution in [3.05, 3.63) is 59.2 Å². The van der Waals surface area contributed by atoms with Crippen LogP contribution in [0.4, 0.5) is 23.2 Å². The van der Waals surface area contributed by atoms with E-state index in [1.807, 2.05) is 6.07 Å².